The second kappa shape index (κ2) is 7.47. The average Bonchev–Trinajstić information content (AvgIpc) is 2.99. The first-order chi connectivity index (χ1) is 11.3. The van der Waals surface area contributed by atoms with Crippen molar-refractivity contribution in [2.45, 2.75) is 19.4 Å². The van der Waals surface area contributed by atoms with Crippen LogP contribution in [0.2, 0.25) is 0 Å². The summed E-state index contributed by atoms with van der Waals surface area (Å²) in [4.78, 5) is 14.5. The van der Waals surface area contributed by atoms with Crippen molar-refractivity contribution in [2.24, 2.45) is 5.92 Å². The molecule has 23 heavy (non-hydrogen) atoms. The Balaban J connectivity index is 1.52. The number of hydrogen-bond donors (Lipinski definition) is 0. The van der Waals surface area contributed by atoms with Gasteiger partial charge in [-0.05, 0) is 36.3 Å². The minimum atomic E-state index is 0.205. The van der Waals surface area contributed by atoms with Gasteiger partial charge in [-0.2, -0.15) is 0 Å². The molecule has 0 N–H and O–H groups in total. The second-order valence-electron chi connectivity index (χ2n) is 6.15. The molecule has 1 amide bonds. The third kappa shape index (κ3) is 3.82. The molecule has 0 aliphatic carbocycles. The number of fused-ring (bicyclic) bond motifs is 1. The summed E-state index contributed by atoms with van der Waals surface area (Å²) >= 11 is 0. The van der Waals surface area contributed by atoms with E-state index in [0.29, 0.717) is 19.1 Å². The Bertz CT molecular complexity index is 669. The highest BCUT2D eigenvalue weighted by molar-refractivity contribution is 5.83. The Labute approximate surface area is 137 Å². The van der Waals surface area contributed by atoms with Gasteiger partial charge in [0.15, 0.2) is 0 Å². The number of piperidine rings is 1. The van der Waals surface area contributed by atoms with Crippen LogP contribution in [0.25, 0.3) is 10.9 Å². The lowest BCUT2D eigenvalue weighted by molar-refractivity contribution is -0.133. The first kappa shape index (κ1) is 15.8. The van der Waals surface area contributed by atoms with Crippen molar-refractivity contribution in [2.75, 3.05) is 26.3 Å². The quantitative estimate of drug-likeness (QED) is 0.607. The van der Waals surface area contributed by atoms with Gasteiger partial charge in [0, 0.05) is 31.4 Å². The van der Waals surface area contributed by atoms with Crippen LogP contribution < -0.4 is 0 Å². The van der Waals surface area contributed by atoms with Crippen molar-refractivity contribution >= 4 is 16.8 Å². The predicted octanol–water partition coefficient (Wildman–Crippen LogP) is 3.08. The van der Waals surface area contributed by atoms with Crippen LogP contribution >= 0.6 is 0 Å². The maximum atomic E-state index is 12.5. The number of benzene rings is 1. The molecule has 1 aliphatic rings. The summed E-state index contributed by atoms with van der Waals surface area (Å²) in [6, 6.07) is 10.2. The molecular formula is C19H24N2O2. The Kier molecular flexibility index (Phi) is 5.13. The van der Waals surface area contributed by atoms with Crippen molar-refractivity contribution in [1.29, 1.82) is 0 Å². The number of aromatic nitrogens is 1. The molecular weight excluding hydrogens is 288 g/mol. The lowest BCUT2D eigenvalue weighted by atomic mass is 9.98. The van der Waals surface area contributed by atoms with Gasteiger partial charge >= 0.3 is 0 Å². The first-order valence-corrected chi connectivity index (χ1v) is 8.28. The molecule has 1 aliphatic heterocycles. The summed E-state index contributed by atoms with van der Waals surface area (Å²) in [6.07, 6.45) is 5.82. The molecule has 0 spiro atoms. The smallest absolute Gasteiger partial charge is 0.242 e. The lowest BCUT2D eigenvalue weighted by Gasteiger charge is -2.32. The first-order valence-electron chi connectivity index (χ1n) is 8.28. The normalized spacial score (nSPS) is 15.9. The van der Waals surface area contributed by atoms with E-state index in [9.17, 15) is 4.79 Å². The van der Waals surface area contributed by atoms with Gasteiger partial charge in [0.05, 0.1) is 6.61 Å². The summed E-state index contributed by atoms with van der Waals surface area (Å²) in [5.41, 5.74) is 1.12. The average molecular weight is 312 g/mol. The van der Waals surface area contributed by atoms with E-state index in [1.54, 1.807) is 6.08 Å². The molecule has 2 heterocycles. The molecule has 0 saturated carbocycles. The molecule has 4 nitrogen and oxygen atoms in total. The van der Waals surface area contributed by atoms with E-state index >= 15 is 0 Å². The zero-order chi connectivity index (χ0) is 16.1. The Hall–Kier alpha value is -2.07. The molecule has 0 radical (unpaired) electrons. The van der Waals surface area contributed by atoms with E-state index in [4.69, 9.17) is 4.74 Å². The third-order valence-electron chi connectivity index (χ3n) is 4.54. The highest BCUT2D eigenvalue weighted by Gasteiger charge is 2.23. The van der Waals surface area contributed by atoms with Gasteiger partial charge in [-0.25, -0.2) is 0 Å². The Morgan fingerprint density at radius 2 is 2.04 bits per heavy atom. The minimum absolute atomic E-state index is 0.205. The van der Waals surface area contributed by atoms with E-state index in [2.05, 4.69) is 24.8 Å². The van der Waals surface area contributed by atoms with Crippen molar-refractivity contribution in [3.63, 3.8) is 0 Å². The molecule has 122 valence electrons. The fourth-order valence-corrected chi connectivity index (χ4v) is 3.19. The molecule has 0 unspecified atom stereocenters. The van der Waals surface area contributed by atoms with Gasteiger partial charge in [-0.1, -0.05) is 24.3 Å². The summed E-state index contributed by atoms with van der Waals surface area (Å²) in [5, 5.41) is 1.18. The van der Waals surface area contributed by atoms with E-state index in [1.807, 2.05) is 27.8 Å². The fraction of sp³-hybridized carbons (Fsp3) is 0.421. The van der Waals surface area contributed by atoms with Gasteiger partial charge in [0.1, 0.15) is 6.54 Å². The Morgan fingerprint density at radius 3 is 2.83 bits per heavy atom. The summed E-state index contributed by atoms with van der Waals surface area (Å²) in [5.74, 6) is 0.767. The highest BCUT2D eigenvalue weighted by Crippen LogP contribution is 2.19. The zero-order valence-electron chi connectivity index (χ0n) is 13.5. The number of nitrogens with zero attached hydrogens (tertiary/aromatic N) is 2. The molecule has 0 atom stereocenters. The fourth-order valence-electron chi connectivity index (χ4n) is 3.19. The molecule has 1 fully saturated rings. The zero-order valence-corrected chi connectivity index (χ0v) is 13.5. The highest BCUT2D eigenvalue weighted by atomic mass is 16.5. The molecule has 1 saturated heterocycles. The van der Waals surface area contributed by atoms with Crippen molar-refractivity contribution < 1.29 is 9.53 Å². The van der Waals surface area contributed by atoms with E-state index < -0.39 is 0 Å². The van der Waals surface area contributed by atoms with Crippen molar-refractivity contribution in [3.05, 3.63) is 49.2 Å². The number of carbonyl (C=O) groups is 1. The van der Waals surface area contributed by atoms with Crippen LogP contribution in [0, 0.1) is 5.92 Å². The van der Waals surface area contributed by atoms with Gasteiger partial charge in [-0.3, -0.25) is 4.79 Å². The van der Waals surface area contributed by atoms with Gasteiger partial charge in [0.2, 0.25) is 5.91 Å². The van der Waals surface area contributed by atoms with Crippen molar-refractivity contribution in [1.82, 2.24) is 9.47 Å². The summed E-state index contributed by atoms with van der Waals surface area (Å²) in [7, 11) is 0. The number of amides is 1. The molecule has 1 aromatic heterocycles. The molecule has 1 aromatic carbocycles. The maximum Gasteiger partial charge on any atom is 0.242 e. The SMILES string of the molecule is C=CCOCC1CCN(C(=O)Cn2ccc3ccccc32)CC1. The van der Waals surface area contributed by atoms with E-state index in [-0.39, 0.29) is 5.91 Å². The molecule has 0 bridgehead atoms. The van der Waals surface area contributed by atoms with E-state index in [1.165, 1.54) is 5.39 Å². The lowest BCUT2D eigenvalue weighted by Crippen LogP contribution is -2.41. The standard InChI is InChI=1S/C19H24N2O2/c1-2-13-23-15-16-7-10-20(11-8-16)19(22)14-21-12-9-17-5-3-4-6-18(17)21/h2-6,9,12,16H,1,7-8,10-11,13-15H2. The minimum Gasteiger partial charge on any atom is -0.377 e. The largest absolute Gasteiger partial charge is 0.377 e. The van der Waals surface area contributed by atoms with Crippen LogP contribution in [0.1, 0.15) is 12.8 Å². The number of carbonyl (C=O) groups excluding carboxylic acids is 1. The predicted molar refractivity (Wildman–Crippen MR) is 92.3 cm³/mol. The topological polar surface area (TPSA) is 34.5 Å². The van der Waals surface area contributed by atoms with Crippen molar-refractivity contribution in [3.8, 4) is 0 Å². The van der Waals surface area contributed by atoms with Crippen LogP contribution in [0.4, 0.5) is 0 Å². The van der Waals surface area contributed by atoms with Crippen LogP contribution in [-0.4, -0.2) is 41.7 Å². The number of likely N-dealkylation sites (tertiary alicyclic amines) is 1. The Morgan fingerprint density at radius 1 is 1.26 bits per heavy atom. The summed E-state index contributed by atoms with van der Waals surface area (Å²) in [6.45, 7) is 7.13. The molecule has 3 rings (SSSR count). The number of hydrogen-bond acceptors (Lipinski definition) is 2. The number of ether oxygens (including phenoxy) is 1. The van der Waals surface area contributed by atoms with Gasteiger partial charge in [-0.15, -0.1) is 6.58 Å². The van der Waals surface area contributed by atoms with Gasteiger partial charge in [0.25, 0.3) is 0 Å². The van der Waals surface area contributed by atoms with Crippen LogP contribution in [0.3, 0.4) is 0 Å². The molecule has 4 heteroatoms. The third-order valence-corrected chi connectivity index (χ3v) is 4.54. The van der Waals surface area contributed by atoms with Gasteiger partial charge < -0.3 is 14.2 Å². The monoisotopic (exact) mass is 312 g/mol. The molecule has 2 aromatic rings. The van der Waals surface area contributed by atoms with Crippen LogP contribution in [-0.2, 0) is 16.1 Å². The van der Waals surface area contributed by atoms with Crippen LogP contribution in [0.15, 0.2) is 49.2 Å². The number of para-hydroxylation sites is 1. The maximum absolute atomic E-state index is 12.5. The number of rotatable bonds is 6. The second-order valence-corrected chi connectivity index (χ2v) is 6.15. The summed E-state index contributed by atoms with van der Waals surface area (Å²) < 4.78 is 7.56. The van der Waals surface area contributed by atoms with E-state index in [0.717, 1.165) is 38.1 Å². The van der Waals surface area contributed by atoms with Crippen LogP contribution in [0.5, 0.6) is 0 Å².